The zero-order chi connectivity index (χ0) is 21.4. The zero-order valence-corrected chi connectivity index (χ0v) is 17.9. The molecule has 6 nitrogen and oxygen atoms in total. The van der Waals surface area contributed by atoms with Gasteiger partial charge in [-0.1, -0.05) is 36.4 Å². The van der Waals surface area contributed by atoms with E-state index in [0.29, 0.717) is 0 Å². The first-order valence-electron chi connectivity index (χ1n) is 10.1. The predicted molar refractivity (Wildman–Crippen MR) is 121 cm³/mol. The van der Waals surface area contributed by atoms with Gasteiger partial charge in [0.05, 0.1) is 11.9 Å². The molecule has 1 aliphatic rings. The highest BCUT2D eigenvalue weighted by Crippen LogP contribution is 2.37. The fraction of sp³-hybridized carbons (Fsp3) is 0.167. The monoisotopic (exact) mass is 430 g/mol. The average Bonchev–Trinajstić information content (AvgIpc) is 3.38. The molecular formula is C24H22N4O2S. The van der Waals surface area contributed by atoms with Crippen LogP contribution in [0.5, 0.6) is 0 Å². The number of nitrogens with one attached hydrogen (secondary N) is 1. The molecule has 2 aromatic heterocycles. The number of hydrogen-bond donors (Lipinski definition) is 1. The fourth-order valence-electron chi connectivity index (χ4n) is 4.19. The van der Waals surface area contributed by atoms with Gasteiger partial charge in [-0.2, -0.15) is 5.10 Å². The normalized spacial score (nSPS) is 15.7. The molecule has 2 heterocycles. The second-order valence-electron chi connectivity index (χ2n) is 7.80. The molecule has 0 fully saturated rings. The van der Waals surface area contributed by atoms with Crippen LogP contribution in [0.15, 0.2) is 79.3 Å². The number of rotatable bonds is 5. The average molecular weight is 431 g/mol. The number of sulfonamides is 1. The Labute approximate surface area is 181 Å². The standard InChI is InChI=1S/C24H22N4O2S/c1-31(29,30)27-23-10-8-18-15-19(7-9-21(18)23)22-16-28(20-5-3-2-4-6-20)26-24(22)17-11-13-25-14-12-17/h2-7,9,11-16,23,27H,8,10H2,1H3. The summed E-state index contributed by atoms with van der Waals surface area (Å²) in [4.78, 5) is 4.13. The highest BCUT2D eigenvalue weighted by Gasteiger charge is 2.26. The van der Waals surface area contributed by atoms with E-state index in [9.17, 15) is 8.42 Å². The lowest BCUT2D eigenvalue weighted by Crippen LogP contribution is -2.25. The van der Waals surface area contributed by atoms with Crippen molar-refractivity contribution in [3.8, 4) is 28.1 Å². The van der Waals surface area contributed by atoms with E-state index in [1.807, 2.05) is 59.4 Å². The lowest BCUT2D eigenvalue weighted by atomic mass is 9.98. The number of fused-ring (bicyclic) bond motifs is 1. The number of hydrogen-bond acceptors (Lipinski definition) is 4. The maximum absolute atomic E-state index is 11.7. The van der Waals surface area contributed by atoms with Crippen LogP contribution in [0.4, 0.5) is 0 Å². The van der Waals surface area contributed by atoms with Crippen LogP contribution < -0.4 is 4.72 Å². The minimum atomic E-state index is -3.25. The highest BCUT2D eigenvalue weighted by atomic mass is 32.2. The number of aryl methyl sites for hydroxylation is 1. The largest absolute Gasteiger partial charge is 0.265 e. The Hall–Kier alpha value is -3.29. The Bertz CT molecular complexity index is 1330. The van der Waals surface area contributed by atoms with Crippen LogP contribution in [-0.4, -0.2) is 29.4 Å². The van der Waals surface area contributed by atoms with Gasteiger partial charge in [0.2, 0.25) is 10.0 Å². The van der Waals surface area contributed by atoms with Crippen molar-refractivity contribution in [3.05, 3.63) is 90.4 Å². The lowest BCUT2D eigenvalue weighted by Gasteiger charge is -2.13. The van der Waals surface area contributed by atoms with Crippen molar-refractivity contribution in [1.29, 1.82) is 0 Å². The van der Waals surface area contributed by atoms with Gasteiger partial charge in [-0.25, -0.2) is 17.8 Å². The van der Waals surface area contributed by atoms with Crippen LogP contribution in [0.25, 0.3) is 28.1 Å². The summed E-state index contributed by atoms with van der Waals surface area (Å²) in [6, 6.07) is 20.0. The molecular weight excluding hydrogens is 408 g/mol. The summed E-state index contributed by atoms with van der Waals surface area (Å²) in [7, 11) is -3.25. The molecule has 0 spiro atoms. The van der Waals surface area contributed by atoms with Crippen LogP contribution in [0.1, 0.15) is 23.6 Å². The summed E-state index contributed by atoms with van der Waals surface area (Å²) in [5, 5.41) is 4.88. The summed E-state index contributed by atoms with van der Waals surface area (Å²) in [6.45, 7) is 0. The van der Waals surface area contributed by atoms with Gasteiger partial charge in [0.1, 0.15) is 5.69 Å². The van der Waals surface area contributed by atoms with Crippen LogP contribution in [-0.2, 0) is 16.4 Å². The summed E-state index contributed by atoms with van der Waals surface area (Å²) in [6.07, 6.45) is 8.40. The van der Waals surface area contributed by atoms with Gasteiger partial charge in [0.15, 0.2) is 0 Å². The topological polar surface area (TPSA) is 76.9 Å². The summed E-state index contributed by atoms with van der Waals surface area (Å²) < 4.78 is 28.0. The first kappa shape index (κ1) is 19.7. The summed E-state index contributed by atoms with van der Waals surface area (Å²) >= 11 is 0. The Kier molecular flexibility index (Phi) is 4.92. The quantitative estimate of drug-likeness (QED) is 0.516. The van der Waals surface area contributed by atoms with Gasteiger partial charge < -0.3 is 0 Å². The molecule has 5 rings (SSSR count). The molecule has 0 saturated heterocycles. The predicted octanol–water partition coefficient (Wildman–Crippen LogP) is 4.14. The molecule has 156 valence electrons. The number of pyridine rings is 1. The van der Waals surface area contributed by atoms with Gasteiger partial charge in [0.25, 0.3) is 0 Å². The van der Waals surface area contributed by atoms with E-state index in [-0.39, 0.29) is 6.04 Å². The van der Waals surface area contributed by atoms with Crippen molar-refractivity contribution in [2.24, 2.45) is 0 Å². The first-order chi connectivity index (χ1) is 15.0. The van der Waals surface area contributed by atoms with E-state index in [2.05, 4.69) is 21.8 Å². The lowest BCUT2D eigenvalue weighted by molar-refractivity contribution is 0.560. The van der Waals surface area contributed by atoms with Crippen molar-refractivity contribution in [3.63, 3.8) is 0 Å². The fourth-order valence-corrected chi connectivity index (χ4v) is 4.95. The molecule has 31 heavy (non-hydrogen) atoms. The van der Waals surface area contributed by atoms with E-state index in [1.165, 1.54) is 11.8 Å². The molecule has 1 unspecified atom stereocenters. The highest BCUT2D eigenvalue weighted by molar-refractivity contribution is 7.88. The van der Waals surface area contributed by atoms with Crippen molar-refractivity contribution in [1.82, 2.24) is 19.5 Å². The molecule has 7 heteroatoms. The Balaban J connectivity index is 1.60. The number of nitrogens with zero attached hydrogens (tertiary/aromatic N) is 3. The minimum Gasteiger partial charge on any atom is -0.265 e. The molecule has 4 aromatic rings. The third-order valence-corrected chi connectivity index (χ3v) is 6.29. The number of aromatic nitrogens is 3. The third-order valence-electron chi connectivity index (χ3n) is 5.58. The van der Waals surface area contributed by atoms with Crippen LogP contribution >= 0.6 is 0 Å². The van der Waals surface area contributed by atoms with Crippen molar-refractivity contribution in [2.75, 3.05) is 6.26 Å². The second kappa shape index (κ2) is 7.76. The van der Waals surface area contributed by atoms with Gasteiger partial charge >= 0.3 is 0 Å². The molecule has 1 N–H and O–H groups in total. The SMILES string of the molecule is CS(=O)(=O)NC1CCc2cc(-c3cn(-c4ccccc4)nc3-c3ccncc3)ccc21. The van der Waals surface area contributed by atoms with E-state index >= 15 is 0 Å². The maximum Gasteiger partial charge on any atom is 0.209 e. The molecule has 1 atom stereocenters. The maximum atomic E-state index is 11.7. The number of benzene rings is 2. The van der Waals surface area contributed by atoms with Gasteiger partial charge in [-0.3, -0.25) is 4.98 Å². The van der Waals surface area contributed by atoms with E-state index in [1.54, 1.807) is 12.4 Å². The van der Waals surface area contributed by atoms with E-state index < -0.39 is 10.0 Å². The molecule has 0 bridgehead atoms. The van der Waals surface area contributed by atoms with Gasteiger partial charge in [0, 0.05) is 35.8 Å². The van der Waals surface area contributed by atoms with Crippen molar-refractivity contribution in [2.45, 2.75) is 18.9 Å². The Morgan fingerprint density at radius 1 is 1.00 bits per heavy atom. The third kappa shape index (κ3) is 4.02. The molecule has 0 radical (unpaired) electrons. The van der Waals surface area contributed by atoms with Gasteiger partial charge in [-0.15, -0.1) is 0 Å². The smallest absolute Gasteiger partial charge is 0.209 e. The van der Waals surface area contributed by atoms with Crippen molar-refractivity contribution >= 4 is 10.0 Å². The Morgan fingerprint density at radius 2 is 1.77 bits per heavy atom. The van der Waals surface area contributed by atoms with E-state index in [0.717, 1.165) is 46.5 Å². The van der Waals surface area contributed by atoms with Crippen molar-refractivity contribution < 1.29 is 8.42 Å². The van der Waals surface area contributed by atoms with E-state index in [4.69, 9.17) is 5.10 Å². The van der Waals surface area contributed by atoms with Crippen LogP contribution in [0.3, 0.4) is 0 Å². The molecule has 0 aliphatic heterocycles. The minimum absolute atomic E-state index is 0.161. The zero-order valence-electron chi connectivity index (χ0n) is 17.1. The second-order valence-corrected chi connectivity index (χ2v) is 9.58. The molecule has 1 aliphatic carbocycles. The Morgan fingerprint density at radius 3 is 2.52 bits per heavy atom. The van der Waals surface area contributed by atoms with Crippen LogP contribution in [0, 0.1) is 0 Å². The van der Waals surface area contributed by atoms with Crippen LogP contribution in [0.2, 0.25) is 0 Å². The molecule has 2 aromatic carbocycles. The molecule has 0 amide bonds. The first-order valence-corrected chi connectivity index (χ1v) is 12.0. The summed E-state index contributed by atoms with van der Waals surface area (Å²) in [5.41, 5.74) is 7.18. The molecule has 0 saturated carbocycles. The summed E-state index contributed by atoms with van der Waals surface area (Å²) in [5.74, 6) is 0. The van der Waals surface area contributed by atoms with Gasteiger partial charge in [-0.05, 0) is 53.8 Å². The number of para-hydroxylation sites is 1.